The van der Waals surface area contributed by atoms with Gasteiger partial charge in [0.2, 0.25) is 0 Å². The van der Waals surface area contributed by atoms with Gasteiger partial charge in [-0.1, -0.05) is 86.6 Å². The number of carboxylic acid groups (broad SMARTS) is 1. The molecule has 0 fully saturated rings. The highest BCUT2D eigenvalue weighted by Crippen LogP contribution is 2.16. The highest BCUT2D eigenvalue weighted by atomic mass is 32.2. The SMILES string of the molecule is CC(C)Cc1cccc(C(=O)N(Cc2ccccc2)C(=O)N[C@@H](CSCCc2ccccc2)C(=O)O)c1. The number of hydrogen-bond donors (Lipinski definition) is 2. The summed E-state index contributed by atoms with van der Waals surface area (Å²) in [6.45, 7) is 4.24. The topological polar surface area (TPSA) is 86.7 Å². The molecule has 3 aromatic carbocycles. The van der Waals surface area contributed by atoms with Crippen LogP contribution in [0.15, 0.2) is 84.9 Å². The van der Waals surface area contributed by atoms with E-state index in [-0.39, 0.29) is 12.3 Å². The smallest absolute Gasteiger partial charge is 0.327 e. The molecule has 0 unspecified atom stereocenters. The number of nitrogens with zero attached hydrogens (tertiary/aromatic N) is 1. The Morgan fingerprint density at radius 3 is 2.11 bits per heavy atom. The van der Waals surface area contributed by atoms with Gasteiger partial charge in [-0.25, -0.2) is 9.59 Å². The van der Waals surface area contributed by atoms with Crippen molar-refractivity contribution in [1.29, 1.82) is 0 Å². The maximum Gasteiger partial charge on any atom is 0.327 e. The Kier molecular flexibility index (Phi) is 10.8. The van der Waals surface area contributed by atoms with Crippen molar-refractivity contribution in [3.05, 3.63) is 107 Å². The third-order valence-corrected chi connectivity index (χ3v) is 6.81. The van der Waals surface area contributed by atoms with Gasteiger partial charge in [-0.2, -0.15) is 11.8 Å². The van der Waals surface area contributed by atoms with E-state index in [4.69, 9.17) is 0 Å². The van der Waals surface area contributed by atoms with Crippen LogP contribution in [0.4, 0.5) is 4.79 Å². The van der Waals surface area contributed by atoms with E-state index >= 15 is 0 Å². The van der Waals surface area contributed by atoms with Crippen molar-refractivity contribution >= 4 is 29.7 Å². The van der Waals surface area contributed by atoms with Crippen LogP contribution >= 0.6 is 11.8 Å². The number of aryl methyl sites for hydroxylation is 1. The highest BCUT2D eigenvalue weighted by molar-refractivity contribution is 7.99. The van der Waals surface area contributed by atoms with Crippen LogP contribution in [-0.4, -0.2) is 45.5 Å². The summed E-state index contributed by atoms with van der Waals surface area (Å²) in [5.74, 6) is -0.256. The van der Waals surface area contributed by atoms with Crippen molar-refractivity contribution in [3.8, 4) is 0 Å². The molecule has 0 aliphatic heterocycles. The first-order chi connectivity index (χ1) is 17.8. The monoisotopic (exact) mass is 518 g/mol. The summed E-state index contributed by atoms with van der Waals surface area (Å²) in [6.07, 6.45) is 1.62. The van der Waals surface area contributed by atoms with Gasteiger partial charge in [-0.15, -0.1) is 0 Å². The molecule has 194 valence electrons. The number of nitrogens with one attached hydrogen (secondary N) is 1. The number of carbonyl (C=O) groups is 3. The predicted molar refractivity (Wildman–Crippen MR) is 149 cm³/mol. The van der Waals surface area contributed by atoms with Crippen molar-refractivity contribution in [2.24, 2.45) is 5.92 Å². The molecule has 0 aliphatic carbocycles. The average molecular weight is 519 g/mol. The second-order valence-electron chi connectivity index (χ2n) is 9.33. The minimum atomic E-state index is -1.13. The Morgan fingerprint density at radius 2 is 1.49 bits per heavy atom. The molecule has 0 saturated heterocycles. The third kappa shape index (κ3) is 9.10. The summed E-state index contributed by atoms with van der Waals surface area (Å²) in [7, 11) is 0. The first-order valence-electron chi connectivity index (χ1n) is 12.4. The maximum atomic E-state index is 13.5. The highest BCUT2D eigenvalue weighted by Gasteiger charge is 2.28. The van der Waals surface area contributed by atoms with Crippen LogP contribution in [-0.2, 0) is 24.2 Å². The average Bonchev–Trinajstić information content (AvgIpc) is 2.89. The quantitative estimate of drug-likeness (QED) is 0.302. The van der Waals surface area contributed by atoms with Crippen molar-refractivity contribution < 1.29 is 19.5 Å². The van der Waals surface area contributed by atoms with Crippen LogP contribution in [0.5, 0.6) is 0 Å². The van der Waals surface area contributed by atoms with Crippen LogP contribution in [0.1, 0.15) is 40.9 Å². The Balaban J connectivity index is 1.72. The number of benzene rings is 3. The molecule has 3 amide bonds. The molecule has 2 N–H and O–H groups in total. The first-order valence-corrected chi connectivity index (χ1v) is 13.6. The standard InChI is InChI=1S/C30H34N2O4S/c1-22(2)18-25-14-9-15-26(19-25)28(33)32(20-24-12-7-4-8-13-24)30(36)31-27(29(34)35)21-37-17-16-23-10-5-3-6-11-23/h3-15,19,22,27H,16-18,20-21H2,1-2H3,(H,31,36)(H,34,35)/t27-/m0/s1. The zero-order chi connectivity index (χ0) is 26.6. The van der Waals surface area contributed by atoms with Crippen LogP contribution in [0, 0.1) is 5.92 Å². The molecule has 0 heterocycles. The number of thioether (sulfide) groups is 1. The fourth-order valence-electron chi connectivity index (χ4n) is 3.90. The van der Waals surface area contributed by atoms with E-state index in [9.17, 15) is 19.5 Å². The number of hydrogen-bond acceptors (Lipinski definition) is 4. The van der Waals surface area contributed by atoms with E-state index in [1.54, 1.807) is 6.07 Å². The molecule has 3 aromatic rings. The molecule has 6 nitrogen and oxygen atoms in total. The molecule has 0 aliphatic rings. The van der Waals surface area contributed by atoms with Gasteiger partial charge in [0.05, 0.1) is 6.54 Å². The predicted octanol–water partition coefficient (Wildman–Crippen LogP) is 5.67. The molecule has 0 bridgehead atoms. The number of rotatable bonds is 12. The van der Waals surface area contributed by atoms with E-state index in [1.165, 1.54) is 17.3 Å². The van der Waals surface area contributed by atoms with E-state index < -0.39 is 23.9 Å². The summed E-state index contributed by atoms with van der Waals surface area (Å²) in [5, 5.41) is 12.3. The van der Waals surface area contributed by atoms with E-state index in [1.807, 2.05) is 78.9 Å². The van der Waals surface area contributed by atoms with Gasteiger partial charge in [-0.05, 0) is 53.3 Å². The lowest BCUT2D eigenvalue weighted by molar-refractivity contribution is -0.138. The number of urea groups is 1. The third-order valence-electron chi connectivity index (χ3n) is 5.75. The fourth-order valence-corrected chi connectivity index (χ4v) is 4.91. The lowest BCUT2D eigenvalue weighted by Crippen LogP contribution is -2.50. The maximum absolute atomic E-state index is 13.5. The summed E-state index contributed by atoms with van der Waals surface area (Å²) < 4.78 is 0. The van der Waals surface area contributed by atoms with Crippen LogP contribution in [0.2, 0.25) is 0 Å². The Labute approximate surface area is 223 Å². The molecular weight excluding hydrogens is 484 g/mol. The van der Waals surface area contributed by atoms with Gasteiger partial charge in [0.1, 0.15) is 6.04 Å². The largest absolute Gasteiger partial charge is 0.480 e. The molecule has 1 atom stereocenters. The van der Waals surface area contributed by atoms with Crippen molar-refractivity contribution in [2.45, 2.75) is 39.3 Å². The van der Waals surface area contributed by atoms with Gasteiger partial charge in [-0.3, -0.25) is 9.69 Å². The van der Waals surface area contributed by atoms with Crippen molar-refractivity contribution in [1.82, 2.24) is 10.2 Å². The van der Waals surface area contributed by atoms with E-state index in [2.05, 4.69) is 19.2 Å². The number of carboxylic acids is 1. The minimum Gasteiger partial charge on any atom is -0.480 e. The van der Waals surface area contributed by atoms with Crippen molar-refractivity contribution in [2.75, 3.05) is 11.5 Å². The molecule has 0 spiro atoms. The summed E-state index contributed by atoms with van der Waals surface area (Å²) in [5.41, 5.74) is 3.35. The van der Waals surface area contributed by atoms with Gasteiger partial charge >= 0.3 is 12.0 Å². The number of carbonyl (C=O) groups excluding carboxylic acids is 2. The Hall–Kier alpha value is -3.58. The van der Waals surface area contributed by atoms with E-state index in [0.717, 1.165) is 34.6 Å². The van der Waals surface area contributed by atoms with Crippen LogP contribution < -0.4 is 5.32 Å². The number of amides is 3. The second kappa shape index (κ2) is 14.2. The van der Waals surface area contributed by atoms with Crippen molar-refractivity contribution in [3.63, 3.8) is 0 Å². The van der Waals surface area contributed by atoms with Gasteiger partial charge in [0.15, 0.2) is 0 Å². The molecule has 0 aromatic heterocycles. The normalized spacial score (nSPS) is 11.6. The van der Waals surface area contributed by atoms with Gasteiger partial charge in [0, 0.05) is 11.3 Å². The number of imide groups is 1. The Morgan fingerprint density at radius 1 is 0.865 bits per heavy atom. The molecule has 37 heavy (non-hydrogen) atoms. The second-order valence-corrected chi connectivity index (χ2v) is 10.5. The zero-order valence-corrected chi connectivity index (χ0v) is 22.1. The fraction of sp³-hybridized carbons (Fsp3) is 0.300. The summed E-state index contributed by atoms with van der Waals surface area (Å²) in [4.78, 5) is 39.9. The molecule has 0 radical (unpaired) electrons. The minimum absolute atomic E-state index is 0.0351. The van der Waals surface area contributed by atoms with Gasteiger partial charge < -0.3 is 10.4 Å². The van der Waals surface area contributed by atoms with Crippen LogP contribution in [0.3, 0.4) is 0 Å². The Bertz CT molecular complexity index is 1170. The lowest BCUT2D eigenvalue weighted by Gasteiger charge is -2.24. The summed E-state index contributed by atoms with van der Waals surface area (Å²) in [6, 6.07) is 24.6. The molecular formula is C30H34N2O4S. The first kappa shape index (κ1) is 28.0. The lowest BCUT2D eigenvalue weighted by atomic mass is 10.0. The molecule has 7 heteroatoms. The van der Waals surface area contributed by atoms with Gasteiger partial charge in [0.25, 0.3) is 5.91 Å². The molecule has 0 saturated carbocycles. The number of aliphatic carboxylic acids is 1. The molecule has 3 rings (SSSR count). The zero-order valence-electron chi connectivity index (χ0n) is 21.3. The van der Waals surface area contributed by atoms with E-state index in [0.29, 0.717) is 11.5 Å². The summed E-state index contributed by atoms with van der Waals surface area (Å²) >= 11 is 1.46. The van der Waals surface area contributed by atoms with Crippen LogP contribution in [0.25, 0.3) is 0 Å².